The third-order valence-corrected chi connectivity index (χ3v) is 1.85. The largest absolute Gasteiger partial charge is 0.322 e. The lowest BCUT2D eigenvalue weighted by Crippen LogP contribution is -2.14. The van der Waals surface area contributed by atoms with Crippen molar-refractivity contribution in [2.24, 2.45) is 0 Å². The first-order chi connectivity index (χ1) is 6.36. The Labute approximate surface area is 76.6 Å². The van der Waals surface area contributed by atoms with Crippen LogP contribution in [0.3, 0.4) is 0 Å². The number of carbonyl (C=O) groups is 1. The van der Waals surface area contributed by atoms with Crippen molar-refractivity contribution in [3.05, 3.63) is 54.1 Å². The van der Waals surface area contributed by atoms with Gasteiger partial charge in [-0.25, -0.2) is 0 Å². The molecular formula is C11H9NO. The predicted octanol–water partition coefficient (Wildman–Crippen LogP) is 2.12. The molecule has 0 heterocycles. The molecule has 0 radical (unpaired) electrons. The zero-order valence-electron chi connectivity index (χ0n) is 7.03. The highest BCUT2D eigenvalue weighted by Crippen LogP contribution is 2.12. The van der Waals surface area contributed by atoms with Gasteiger partial charge in [0, 0.05) is 11.3 Å². The summed E-state index contributed by atoms with van der Waals surface area (Å²) in [5.41, 5.74) is 1.55. The van der Waals surface area contributed by atoms with Crippen molar-refractivity contribution >= 4 is 11.6 Å². The zero-order valence-corrected chi connectivity index (χ0v) is 7.03. The summed E-state index contributed by atoms with van der Waals surface area (Å²) < 4.78 is 0. The lowest BCUT2D eigenvalue weighted by Gasteiger charge is -2.07. The van der Waals surface area contributed by atoms with E-state index in [4.69, 9.17) is 0 Å². The van der Waals surface area contributed by atoms with Crippen molar-refractivity contribution < 1.29 is 4.79 Å². The van der Waals surface area contributed by atoms with Crippen LogP contribution in [0.15, 0.2) is 54.1 Å². The number of benzene rings is 1. The molecule has 0 unspecified atom stereocenters. The number of anilines is 1. The second-order valence-electron chi connectivity index (χ2n) is 2.80. The molecule has 64 valence electrons. The van der Waals surface area contributed by atoms with E-state index in [1.165, 1.54) is 0 Å². The Hall–Kier alpha value is -1.83. The Balaban J connectivity index is 2.02. The Morgan fingerprint density at radius 1 is 1.15 bits per heavy atom. The normalized spacial score (nSPS) is 13.1. The van der Waals surface area contributed by atoms with Gasteiger partial charge < -0.3 is 5.32 Å². The van der Waals surface area contributed by atoms with Gasteiger partial charge in [0.1, 0.15) is 0 Å². The van der Waals surface area contributed by atoms with Gasteiger partial charge in [0.25, 0.3) is 5.91 Å². The van der Waals surface area contributed by atoms with Gasteiger partial charge in [0.05, 0.1) is 0 Å². The molecule has 0 saturated heterocycles. The standard InChI is InChI=1S/C11H9NO/c13-11(9-5-4-6-9)12-10-7-2-1-3-8-10/h1-8H,(H,12,13). The minimum atomic E-state index is -0.0475. The van der Waals surface area contributed by atoms with E-state index in [2.05, 4.69) is 5.32 Å². The minimum Gasteiger partial charge on any atom is -0.322 e. The molecule has 0 bridgehead atoms. The molecule has 0 fully saturated rings. The molecule has 1 amide bonds. The molecule has 2 nitrogen and oxygen atoms in total. The third kappa shape index (κ3) is 1.67. The molecule has 0 saturated carbocycles. The monoisotopic (exact) mass is 171 g/mol. The van der Waals surface area contributed by atoms with E-state index < -0.39 is 0 Å². The number of carbonyl (C=O) groups excluding carboxylic acids is 1. The van der Waals surface area contributed by atoms with Crippen molar-refractivity contribution in [1.29, 1.82) is 0 Å². The summed E-state index contributed by atoms with van der Waals surface area (Å²) >= 11 is 0. The van der Waals surface area contributed by atoms with E-state index >= 15 is 0 Å². The summed E-state index contributed by atoms with van der Waals surface area (Å²) in [6.07, 6.45) is 5.43. The fourth-order valence-corrected chi connectivity index (χ4v) is 1.07. The molecule has 1 aliphatic rings. The van der Waals surface area contributed by atoms with E-state index in [-0.39, 0.29) is 5.91 Å². The molecule has 1 aromatic rings. The molecule has 2 rings (SSSR count). The van der Waals surface area contributed by atoms with Crippen LogP contribution < -0.4 is 5.32 Å². The Bertz CT molecular complexity index is 376. The quantitative estimate of drug-likeness (QED) is 0.725. The lowest BCUT2D eigenvalue weighted by molar-refractivity contribution is -0.112. The predicted molar refractivity (Wildman–Crippen MR) is 52.3 cm³/mol. The van der Waals surface area contributed by atoms with E-state index in [0.717, 1.165) is 11.3 Å². The van der Waals surface area contributed by atoms with Gasteiger partial charge in [-0.1, -0.05) is 24.3 Å². The number of hydrogen-bond acceptors (Lipinski definition) is 1. The Morgan fingerprint density at radius 2 is 1.85 bits per heavy atom. The van der Waals surface area contributed by atoms with E-state index in [1.807, 2.05) is 36.4 Å². The Kier molecular flexibility index (Phi) is 1.96. The summed E-state index contributed by atoms with van der Waals surface area (Å²) in [5.74, 6) is -0.0475. The summed E-state index contributed by atoms with van der Waals surface area (Å²) in [5, 5.41) is 2.79. The van der Waals surface area contributed by atoms with E-state index in [9.17, 15) is 4.79 Å². The second kappa shape index (κ2) is 3.27. The lowest BCUT2D eigenvalue weighted by atomic mass is 10.1. The molecule has 0 atom stereocenters. The fraction of sp³-hybridized carbons (Fsp3) is 0. The molecule has 2 heteroatoms. The molecule has 13 heavy (non-hydrogen) atoms. The first-order valence-electron chi connectivity index (χ1n) is 4.11. The summed E-state index contributed by atoms with van der Waals surface area (Å²) in [4.78, 5) is 11.4. The number of rotatable bonds is 2. The van der Waals surface area contributed by atoms with Gasteiger partial charge in [0.2, 0.25) is 0 Å². The number of allylic oxidation sites excluding steroid dienone is 2. The maximum atomic E-state index is 11.4. The van der Waals surface area contributed by atoms with Crippen molar-refractivity contribution in [3.8, 4) is 0 Å². The van der Waals surface area contributed by atoms with Crippen molar-refractivity contribution in [3.63, 3.8) is 0 Å². The van der Waals surface area contributed by atoms with Crippen molar-refractivity contribution in [1.82, 2.24) is 0 Å². The molecule has 0 aromatic heterocycles. The minimum absolute atomic E-state index is 0.0475. The summed E-state index contributed by atoms with van der Waals surface area (Å²) in [6, 6.07) is 9.42. The highest BCUT2D eigenvalue weighted by molar-refractivity contribution is 6.07. The van der Waals surface area contributed by atoms with Gasteiger partial charge in [0.15, 0.2) is 0 Å². The van der Waals surface area contributed by atoms with Crippen LogP contribution in [0.2, 0.25) is 0 Å². The maximum absolute atomic E-state index is 11.4. The summed E-state index contributed by atoms with van der Waals surface area (Å²) in [7, 11) is 0. The number of para-hydroxylation sites is 1. The fourth-order valence-electron chi connectivity index (χ4n) is 1.07. The van der Waals surface area contributed by atoms with Gasteiger partial charge in [-0.2, -0.15) is 0 Å². The maximum Gasteiger partial charge on any atom is 0.255 e. The van der Waals surface area contributed by atoms with Crippen LogP contribution >= 0.6 is 0 Å². The van der Waals surface area contributed by atoms with Gasteiger partial charge in [-0.05, 0) is 24.3 Å². The molecule has 1 aliphatic carbocycles. The number of nitrogens with one attached hydrogen (secondary N) is 1. The highest BCUT2D eigenvalue weighted by Gasteiger charge is 2.08. The van der Waals surface area contributed by atoms with Crippen LogP contribution in [0, 0.1) is 0 Å². The molecule has 1 aromatic carbocycles. The first kappa shape index (κ1) is 7.80. The first-order valence-corrected chi connectivity index (χ1v) is 4.11. The highest BCUT2D eigenvalue weighted by atomic mass is 16.1. The zero-order chi connectivity index (χ0) is 9.10. The van der Waals surface area contributed by atoms with Gasteiger partial charge in [-0.15, -0.1) is 0 Å². The van der Waals surface area contributed by atoms with Crippen molar-refractivity contribution in [2.45, 2.75) is 0 Å². The topological polar surface area (TPSA) is 29.1 Å². The second-order valence-corrected chi connectivity index (χ2v) is 2.80. The molecule has 0 spiro atoms. The van der Waals surface area contributed by atoms with E-state index in [0.29, 0.717) is 0 Å². The average molecular weight is 171 g/mol. The number of amides is 1. The van der Waals surface area contributed by atoms with E-state index in [1.54, 1.807) is 12.2 Å². The smallest absolute Gasteiger partial charge is 0.255 e. The summed E-state index contributed by atoms with van der Waals surface area (Å²) in [6.45, 7) is 0. The molecular weight excluding hydrogens is 162 g/mol. The number of hydrogen-bond donors (Lipinski definition) is 1. The SMILES string of the molecule is O=C(Nc1ccccc1)C1=CC=C1. The Morgan fingerprint density at radius 3 is 2.38 bits per heavy atom. The molecule has 1 N–H and O–H groups in total. The average Bonchev–Trinajstić information content (AvgIpc) is 2.02. The van der Waals surface area contributed by atoms with Crippen LogP contribution in [0.5, 0.6) is 0 Å². The van der Waals surface area contributed by atoms with Crippen LogP contribution in [-0.4, -0.2) is 5.91 Å². The molecule has 0 aliphatic heterocycles. The van der Waals surface area contributed by atoms with Crippen LogP contribution in [0.1, 0.15) is 0 Å². The third-order valence-electron chi connectivity index (χ3n) is 1.85. The van der Waals surface area contributed by atoms with Crippen LogP contribution in [0.25, 0.3) is 0 Å². The van der Waals surface area contributed by atoms with Crippen LogP contribution in [0.4, 0.5) is 5.69 Å². The van der Waals surface area contributed by atoms with Gasteiger partial charge in [-0.3, -0.25) is 4.79 Å². The van der Waals surface area contributed by atoms with Crippen LogP contribution in [-0.2, 0) is 4.79 Å². The van der Waals surface area contributed by atoms with Gasteiger partial charge >= 0.3 is 0 Å². The van der Waals surface area contributed by atoms with Crippen molar-refractivity contribution in [2.75, 3.05) is 5.32 Å².